The van der Waals surface area contributed by atoms with Crippen LogP contribution >= 0.6 is 11.6 Å². The number of pyridine rings is 1. The van der Waals surface area contributed by atoms with Crippen LogP contribution in [0.2, 0.25) is 5.15 Å². The van der Waals surface area contributed by atoms with E-state index >= 15 is 0 Å². The number of aromatic nitrogens is 1. The Morgan fingerprint density at radius 2 is 2.00 bits per heavy atom. The zero-order valence-corrected chi connectivity index (χ0v) is 7.88. The number of halogens is 1. The van der Waals surface area contributed by atoms with Crippen molar-refractivity contribution in [1.29, 1.82) is 0 Å². The number of nitrogens with zero attached hydrogens (tertiary/aromatic N) is 1. The first-order valence-corrected chi connectivity index (χ1v) is 4.35. The van der Waals surface area contributed by atoms with E-state index in [-0.39, 0.29) is 5.15 Å². The highest BCUT2D eigenvalue weighted by molar-refractivity contribution is 6.29. The molecule has 0 bridgehead atoms. The zero-order valence-electron chi connectivity index (χ0n) is 7.12. The van der Waals surface area contributed by atoms with E-state index in [4.69, 9.17) is 11.6 Å². The topological polar surface area (TPSA) is 26.9 Å². The van der Waals surface area contributed by atoms with Gasteiger partial charge in [0.1, 0.15) is 0 Å². The van der Waals surface area contributed by atoms with Crippen LogP contribution in [0.15, 0.2) is 30.3 Å². The van der Waals surface area contributed by atoms with Crippen molar-refractivity contribution in [1.82, 2.24) is 0 Å². The van der Waals surface area contributed by atoms with Crippen LogP contribution in [-0.2, 0) is 0 Å². The summed E-state index contributed by atoms with van der Waals surface area (Å²) in [5.41, 5.74) is 0.642. The molecule has 0 aliphatic rings. The normalized spacial score (nSPS) is 10.6. The van der Waals surface area contributed by atoms with Crippen molar-refractivity contribution >= 4 is 22.4 Å². The van der Waals surface area contributed by atoms with E-state index in [1.54, 1.807) is 13.0 Å². The van der Waals surface area contributed by atoms with Gasteiger partial charge in [-0.05, 0) is 23.1 Å². The molecule has 2 aromatic rings. The second kappa shape index (κ2) is 2.89. The number of hydrogen-bond donors (Lipinski definition) is 0. The van der Waals surface area contributed by atoms with Crippen LogP contribution in [0.25, 0.3) is 10.8 Å². The summed E-state index contributed by atoms with van der Waals surface area (Å²) in [6.07, 6.45) is 0. The Morgan fingerprint density at radius 1 is 1.31 bits per heavy atom. The molecule has 0 fully saturated rings. The maximum absolute atomic E-state index is 11.4. The molecule has 1 heterocycles. The lowest BCUT2D eigenvalue weighted by molar-refractivity contribution is -0.608. The molecule has 0 unspecified atom stereocenters. The average molecular weight is 194 g/mol. The monoisotopic (exact) mass is 193 g/mol. The molecule has 0 saturated carbocycles. The predicted octanol–water partition coefficient (Wildman–Crippen LogP) is 2.44. The Kier molecular flexibility index (Phi) is 1.85. The first-order chi connectivity index (χ1) is 6.20. The standard InChI is InChI=1S/C10H8ClNO/c1-7-9-5-3-2-4-8(9)6-10(11)12(7)13/h2-6H,1H3. The summed E-state index contributed by atoms with van der Waals surface area (Å²) in [5, 5.41) is 13.5. The molecule has 1 aromatic heterocycles. The Balaban J connectivity index is 2.94. The van der Waals surface area contributed by atoms with E-state index in [2.05, 4.69) is 0 Å². The van der Waals surface area contributed by atoms with Gasteiger partial charge in [-0.1, -0.05) is 18.2 Å². The molecule has 1 aromatic carbocycles. The molecule has 0 saturated heterocycles. The minimum absolute atomic E-state index is 0.219. The third-order valence-corrected chi connectivity index (χ3v) is 2.39. The van der Waals surface area contributed by atoms with E-state index in [0.29, 0.717) is 5.69 Å². The lowest BCUT2D eigenvalue weighted by Crippen LogP contribution is -2.31. The van der Waals surface area contributed by atoms with E-state index < -0.39 is 0 Å². The number of hydrogen-bond acceptors (Lipinski definition) is 1. The van der Waals surface area contributed by atoms with Crippen LogP contribution in [0.3, 0.4) is 0 Å². The average Bonchev–Trinajstić information content (AvgIpc) is 2.15. The Hall–Kier alpha value is -1.28. The van der Waals surface area contributed by atoms with Crippen molar-refractivity contribution in [3.63, 3.8) is 0 Å². The van der Waals surface area contributed by atoms with Crippen molar-refractivity contribution < 1.29 is 4.73 Å². The summed E-state index contributed by atoms with van der Waals surface area (Å²) in [4.78, 5) is 0. The minimum Gasteiger partial charge on any atom is -0.617 e. The Bertz CT molecular complexity index is 468. The summed E-state index contributed by atoms with van der Waals surface area (Å²) in [7, 11) is 0. The molecule has 0 aliphatic heterocycles. The molecule has 66 valence electrons. The van der Waals surface area contributed by atoms with Crippen molar-refractivity contribution in [2.45, 2.75) is 6.92 Å². The molecule has 13 heavy (non-hydrogen) atoms. The molecule has 0 atom stereocenters. The van der Waals surface area contributed by atoms with Crippen molar-refractivity contribution in [3.8, 4) is 0 Å². The van der Waals surface area contributed by atoms with E-state index in [1.165, 1.54) is 0 Å². The highest BCUT2D eigenvalue weighted by Gasteiger charge is 2.09. The summed E-state index contributed by atoms with van der Waals surface area (Å²) in [5.74, 6) is 0. The molecule has 0 spiro atoms. The van der Waals surface area contributed by atoms with Gasteiger partial charge in [0.25, 0.3) is 5.15 Å². The predicted molar refractivity (Wildman–Crippen MR) is 52.7 cm³/mol. The van der Waals surface area contributed by atoms with Gasteiger partial charge in [0.15, 0.2) is 5.69 Å². The van der Waals surface area contributed by atoms with Crippen LogP contribution < -0.4 is 4.73 Å². The third-order valence-electron chi connectivity index (χ3n) is 2.12. The lowest BCUT2D eigenvalue weighted by Gasteiger charge is -2.05. The highest BCUT2D eigenvalue weighted by atomic mass is 35.5. The first kappa shape index (κ1) is 8.32. The second-order valence-electron chi connectivity index (χ2n) is 2.93. The zero-order chi connectivity index (χ0) is 9.42. The summed E-state index contributed by atoms with van der Waals surface area (Å²) in [6.45, 7) is 1.77. The Labute approximate surface area is 81.0 Å². The smallest absolute Gasteiger partial charge is 0.287 e. The fourth-order valence-corrected chi connectivity index (χ4v) is 1.65. The van der Waals surface area contributed by atoms with Gasteiger partial charge in [-0.15, -0.1) is 0 Å². The highest BCUT2D eigenvalue weighted by Crippen LogP contribution is 2.18. The maximum Gasteiger partial charge on any atom is 0.287 e. The van der Waals surface area contributed by atoms with Gasteiger partial charge in [-0.25, -0.2) is 0 Å². The number of rotatable bonds is 0. The van der Waals surface area contributed by atoms with Crippen LogP contribution in [0.1, 0.15) is 5.69 Å². The van der Waals surface area contributed by atoms with Gasteiger partial charge in [0.2, 0.25) is 0 Å². The fourth-order valence-electron chi connectivity index (χ4n) is 1.41. The minimum atomic E-state index is 0.219. The molecule has 2 nitrogen and oxygen atoms in total. The third kappa shape index (κ3) is 1.23. The first-order valence-electron chi connectivity index (χ1n) is 3.97. The van der Waals surface area contributed by atoms with Crippen LogP contribution in [0.5, 0.6) is 0 Å². The van der Waals surface area contributed by atoms with Crippen molar-refractivity contribution in [3.05, 3.63) is 46.4 Å². The summed E-state index contributed by atoms with van der Waals surface area (Å²) >= 11 is 5.74. The van der Waals surface area contributed by atoms with Crippen LogP contribution in [-0.4, -0.2) is 0 Å². The summed E-state index contributed by atoms with van der Waals surface area (Å²) < 4.78 is 0.740. The fraction of sp³-hybridized carbons (Fsp3) is 0.100. The molecule has 0 amide bonds. The maximum atomic E-state index is 11.4. The molecule has 2 rings (SSSR count). The van der Waals surface area contributed by atoms with E-state index in [9.17, 15) is 5.21 Å². The molecular formula is C10H8ClNO. The SMILES string of the molecule is Cc1c2ccccc2cc(Cl)[n+]1[O-]. The molecular weight excluding hydrogens is 186 g/mol. The number of benzene rings is 1. The molecule has 3 heteroatoms. The van der Waals surface area contributed by atoms with Gasteiger partial charge in [-0.2, -0.15) is 4.73 Å². The van der Waals surface area contributed by atoms with E-state index in [0.717, 1.165) is 15.5 Å². The van der Waals surface area contributed by atoms with Crippen molar-refractivity contribution in [2.24, 2.45) is 0 Å². The van der Waals surface area contributed by atoms with Gasteiger partial charge in [0, 0.05) is 13.0 Å². The van der Waals surface area contributed by atoms with Crippen molar-refractivity contribution in [2.75, 3.05) is 0 Å². The molecule has 0 radical (unpaired) electrons. The lowest BCUT2D eigenvalue weighted by atomic mass is 10.1. The van der Waals surface area contributed by atoms with Gasteiger partial charge >= 0.3 is 0 Å². The van der Waals surface area contributed by atoms with Gasteiger partial charge in [-0.3, -0.25) is 0 Å². The second-order valence-corrected chi connectivity index (χ2v) is 3.32. The van der Waals surface area contributed by atoms with E-state index in [1.807, 2.05) is 24.3 Å². The van der Waals surface area contributed by atoms with Crippen LogP contribution in [0.4, 0.5) is 0 Å². The van der Waals surface area contributed by atoms with Crippen LogP contribution in [0, 0.1) is 12.1 Å². The van der Waals surface area contributed by atoms with Gasteiger partial charge < -0.3 is 5.21 Å². The molecule has 0 aliphatic carbocycles. The Morgan fingerprint density at radius 3 is 2.77 bits per heavy atom. The summed E-state index contributed by atoms with van der Waals surface area (Å²) in [6, 6.07) is 9.36. The molecule has 0 N–H and O–H groups in total. The number of aryl methyl sites for hydroxylation is 1. The van der Waals surface area contributed by atoms with Gasteiger partial charge in [0.05, 0.1) is 5.39 Å². The largest absolute Gasteiger partial charge is 0.617 e. The number of fused-ring (bicyclic) bond motifs is 1. The quantitative estimate of drug-likeness (QED) is 0.359.